The summed E-state index contributed by atoms with van der Waals surface area (Å²) >= 11 is 0. The van der Waals surface area contributed by atoms with Gasteiger partial charge in [0.25, 0.3) is 0 Å². The number of hydrogen-bond acceptors (Lipinski definition) is 1. The van der Waals surface area contributed by atoms with Crippen molar-refractivity contribution in [2.24, 2.45) is 0 Å². The van der Waals surface area contributed by atoms with Gasteiger partial charge in [-0.15, -0.1) is 0 Å². The van der Waals surface area contributed by atoms with Crippen molar-refractivity contribution in [2.45, 2.75) is 13.3 Å². The molecule has 1 aromatic rings. The molecule has 108 valence electrons. The summed E-state index contributed by atoms with van der Waals surface area (Å²) in [5, 5.41) is 7.89. The van der Waals surface area contributed by atoms with Crippen LogP contribution in [0, 0.1) is 5.41 Å². The van der Waals surface area contributed by atoms with Gasteiger partial charge in [0.05, 0.1) is 5.71 Å². The van der Waals surface area contributed by atoms with Gasteiger partial charge in [0, 0.05) is 0 Å². The molecule has 0 amide bonds. The number of allylic oxidation sites excluding steroid dienone is 11. The first-order valence-electron chi connectivity index (χ1n) is 7.53. The van der Waals surface area contributed by atoms with E-state index in [0.717, 1.165) is 12.0 Å². The third-order valence-electron chi connectivity index (χ3n) is 3.97. The van der Waals surface area contributed by atoms with E-state index < -0.39 is 0 Å². The second kappa shape index (κ2) is 6.40. The first-order chi connectivity index (χ1) is 10.7. The van der Waals surface area contributed by atoms with Gasteiger partial charge in [-0.2, -0.15) is 0 Å². The van der Waals surface area contributed by atoms with Gasteiger partial charge in [-0.1, -0.05) is 72.9 Å². The lowest BCUT2D eigenvalue weighted by Gasteiger charge is -2.04. The molecule has 0 aliphatic heterocycles. The maximum absolute atomic E-state index is 7.89. The molecule has 0 radical (unpaired) electrons. The fourth-order valence-corrected chi connectivity index (χ4v) is 2.60. The predicted octanol–water partition coefficient (Wildman–Crippen LogP) is 5.20. The predicted molar refractivity (Wildman–Crippen MR) is 95.1 cm³/mol. The van der Waals surface area contributed by atoms with Gasteiger partial charge in [-0.3, -0.25) is 0 Å². The Morgan fingerprint density at radius 3 is 2.73 bits per heavy atom. The van der Waals surface area contributed by atoms with Gasteiger partial charge in [0.2, 0.25) is 0 Å². The second-order valence-corrected chi connectivity index (χ2v) is 5.50. The molecular weight excluding hydrogens is 266 g/mol. The molecule has 0 saturated heterocycles. The smallest absolute Gasteiger partial charge is 0.0612 e. The Morgan fingerprint density at radius 2 is 1.86 bits per heavy atom. The highest BCUT2D eigenvalue weighted by molar-refractivity contribution is 6.09. The lowest BCUT2D eigenvalue weighted by atomic mass is 10.0. The molecule has 1 nitrogen and oxygen atoms in total. The number of nitrogens with one attached hydrogen (secondary N) is 1. The molecule has 0 heterocycles. The van der Waals surface area contributed by atoms with Crippen LogP contribution < -0.4 is 0 Å². The number of rotatable bonds is 2. The van der Waals surface area contributed by atoms with Crippen LogP contribution in [0.3, 0.4) is 0 Å². The van der Waals surface area contributed by atoms with Crippen LogP contribution in [0.2, 0.25) is 0 Å². The van der Waals surface area contributed by atoms with E-state index in [2.05, 4.69) is 55.5 Å². The van der Waals surface area contributed by atoms with E-state index in [9.17, 15) is 0 Å². The molecule has 2 aliphatic carbocycles. The average Bonchev–Trinajstić information content (AvgIpc) is 2.76. The maximum Gasteiger partial charge on any atom is 0.0612 e. The summed E-state index contributed by atoms with van der Waals surface area (Å²) in [5.74, 6) is 0. The molecule has 2 aliphatic rings. The standard InChI is InChI=1S/C21H19N/c1-16(10-11-20-8-4-5-9-21(20)22)17-12-14-18-6-2-3-7-19(18)15-13-17/h2-14,22H,15H2,1H3/b16-10+,20-11-,22-21?. The number of hydrogen-bond donors (Lipinski definition) is 1. The zero-order valence-corrected chi connectivity index (χ0v) is 12.7. The molecule has 0 atom stereocenters. The van der Waals surface area contributed by atoms with Crippen molar-refractivity contribution in [3.8, 4) is 0 Å². The summed E-state index contributed by atoms with van der Waals surface area (Å²) in [6, 6.07) is 8.51. The molecule has 0 unspecified atom stereocenters. The van der Waals surface area contributed by atoms with Crippen molar-refractivity contribution in [2.75, 3.05) is 0 Å². The number of benzene rings is 1. The third kappa shape index (κ3) is 3.15. The Hall–Kier alpha value is -2.67. The summed E-state index contributed by atoms with van der Waals surface area (Å²) in [4.78, 5) is 0. The summed E-state index contributed by atoms with van der Waals surface area (Å²) in [6.07, 6.45) is 19.4. The highest BCUT2D eigenvalue weighted by Gasteiger charge is 2.05. The molecule has 0 aromatic heterocycles. The van der Waals surface area contributed by atoms with E-state index in [1.165, 1.54) is 22.3 Å². The number of fused-ring (bicyclic) bond motifs is 1. The van der Waals surface area contributed by atoms with Crippen LogP contribution in [-0.4, -0.2) is 5.71 Å². The summed E-state index contributed by atoms with van der Waals surface area (Å²) in [5.41, 5.74) is 6.62. The molecule has 3 rings (SSSR count). The Bertz CT molecular complexity index is 780. The molecule has 1 aromatic carbocycles. The topological polar surface area (TPSA) is 23.9 Å². The minimum atomic E-state index is 0.560. The van der Waals surface area contributed by atoms with Crippen LogP contribution in [0.4, 0.5) is 0 Å². The Kier molecular flexibility index (Phi) is 4.15. The summed E-state index contributed by atoms with van der Waals surface area (Å²) < 4.78 is 0. The van der Waals surface area contributed by atoms with Gasteiger partial charge in [0.1, 0.15) is 0 Å². The van der Waals surface area contributed by atoms with Gasteiger partial charge >= 0.3 is 0 Å². The normalized spacial score (nSPS) is 19.1. The monoisotopic (exact) mass is 285 g/mol. The Labute approximate surface area is 131 Å². The van der Waals surface area contributed by atoms with Gasteiger partial charge in [-0.05, 0) is 47.3 Å². The fourth-order valence-electron chi connectivity index (χ4n) is 2.60. The lowest BCUT2D eigenvalue weighted by Crippen LogP contribution is -1.96. The van der Waals surface area contributed by atoms with Crippen LogP contribution in [0.25, 0.3) is 6.08 Å². The zero-order valence-electron chi connectivity index (χ0n) is 12.7. The van der Waals surface area contributed by atoms with Crippen LogP contribution in [0.5, 0.6) is 0 Å². The minimum absolute atomic E-state index is 0.560. The van der Waals surface area contributed by atoms with Crippen LogP contribution >= 0.6 is 0 Å². The Morgan fingerprint density at radius 1 is 1.05 bits per heavy atom. The quantitative estimate of drug-likeness (QED) is 0.772. The van der Waals surface area contributed by atoms with E-state index in [0.29, 0.717) is 5.71 Å². The van der Waals surface area contributed by atoms with Crippen LogP contribution in [0.15, 0.2) is 89.6 Å². The SMILES string of the molecule is C/C(=C\C=C1\C=CC=CC1=N)C1=CCc2ccccc2C=C1. The van der Waals surface area contributed by atoms with Crippen LogP contribution in [0.1, 0.15) is 18.1 Å². The van der Waals surface area contributed by atoms with E-state index in [1.807, 2.05) is 30.4 Å². The highest BCUT2D eigenvalue weighted by Crippen LogP contribution is 2.22. The molecule has 22 heavy (non-hydrogen) atoms. The molecule has 0 saturated carbocycles. The van der Waals surface area contributed by atoms with E-state index in [-0.39, 0.29) is 0 Å². The molecule has 0 fully saturated rings. The molecule has 0 spiro atoms. The van der Waals surface area contributed by atoms with E-state index in [1.54, 1.807) is 0 Å². The van der Waals surface area contributed by atoms with Crippen molar-refractivity contribution in [1.82, 2.24) is 0 Å². The Balaban J connectivity index is 1.83. The lowest BCUT2D eigenvalue weighted by molar-refractivity contribution is 1.24. The van der Waals surface area contributed by atoms with E-state index >= 15 is 0 Å². The van der Waals surface area contributed by atoms with Crippen molar-refractivity contribution in [3.63, 3.8) is 0 Å². The minimum Gasteiger partial charge on any atom is -0.300 e. The van der Waals surface area contributed by atoms with Crippen molar-refractivity contribution >= 4 is 11.8 Å². The largest absolute Gasteiger partial charge is 0.300 e. The van der Waals surface area contributed by atoms with Gasteiger partial charge < -0.3 is 5.41 Å². The summed E-state index contributed by atoms with van der Waals surface area (Å²) in [7, 11) is 0. The highest BCUT2D eigenvalue weighted by atomic mass is 14.4. The second-order valence-electron chi connectivity index (χ2n) is 5.50. The fraction of sp³-hybridized carbons (Fsp3) is 0.0952. The van der Waals surface area contributed by atoms with E-state index in [4.69, 9.17) is 5.41 Å². The molecule has 0 bridgehead atoms. The van der Waals surface area contributed by atoms with Gasteiger partial charge in [0.15, 0.2) is 0 Å². The average molecular weight is 285 g/mol. The van der Waals surface area contributed by atoms with Crippen molar-refractivity contribution in [1.29, 1.82) is 5.41 Å². The van der Waals surface area contributed by atoms with Crippen molar-refractivity contribution < 1.29 is 0 Å². The zero-order chi connectivity index (χ0) is 15.4. The van der Waals surface area contributed by atoms with Crippen molar-refractivity contribution in [3.05, 3.63) is 101 Å². The molecule has 1 heteroatoms. The molecule has 1 N–H and O–H groups in total. The van der Waals surface area contributed by atoms with Gasteiger partial charge in [-0.25, -0.2) is 0 Å². The first kappa shape index (κ1) is 14.3. The summed E-state index contributed by atoms with van der Waals surface area (Å²) in [6.45, 7) is 2.12. The van der Waals surface area contributed by atoms with Crippen LogP contribution in [-0.2, 0) is 6.42 Å². The third-order valence-corrected chi connectivity index (χ3v) is 3.97. The first-order valence-corrected chi connectivity index (χ1v) is 7.53. The maximum atomic E-state index is 7.89. The molecular formula is C21H19N.